The standard InChI is InChI=1S/C17H29N3O2/c1-4-7-15-8-10-16(11-9-15)22-14-19-17(21)18-12-13-20(5-2)6-3/h8-11H,4-7,12-14H2,1-3H3,(H2,18,19,21). The maximum absolute atomic E-state index is 11.6. The van der Waals surface area contributed by atoms with Crippen molar-refractivity contribution in [2.75, 3.05) is 32.9 Å². The van der Waals surface area contributed by atoms with Crippen LogP contribution in [0.15, 0.2) is 24.3 Å². The highest BCUT2D eigenvalue weighted by molar-refractivity contribution is 5.73. The van der Waals surface area contributed by atoms with Crippen molar-refractivity contribution in [2.24, 2.45) is 0 Å². The number of nitrogens with one attached hydrogen (secondary N) is 2. The van der Waals surface area contributed by atoms with Crippen molar-refractivity contribution in [2.45, 2.75) is 33.6 Å². The molecular weight excluding hydrogens is 278 g/mol. The van der Waals surface area contributed by atoms with Gasteiger partial charge in [0.2, 0.25) is 0 Å². The van der Waals surface area contributed by atoms with E-state index in [1.54, 1.807) is 0 Å². The fourth-order valence-corrected chi connectivity index (χ4v) is 2.16. The zero-order valence-corrected chi connectivity index (χ0v) is 14.0. The number of benzene rings is 1. The molecule has 1 rings (SSSR count). The molecular formula is C17H29N3O2. The summed E-state index contributed by atoms with van der Waals surface area (Å²) >= 11 is 0. The van der Waals surface area contributed by atoms with Gasteiger partial charge in [0.1, 0.15) is 5.75 Å². The van der Waals surface area contributed by atoms with E-state index in [1.165, 1.54) is 5.56 Å². The summed E-state index contributed by atoms with van der Waals surface area (Å²) in [5.74, 6) is 0.767. The first-order chi connectivity index (χ1) is 10.7. The summed E-state index contributed by atoms with van der Waals surface area (Å²) in [4.78, 5) is 13.9. The van der Waals surface area contributed by atoms with E-state index in [0.717, 1.165) is 38.2 Å². The topological polar surface area (TPSA) is 53.6 Å². The minimum Gasteiger partial charge on any atom is -0.473 e. The Hall–Kier alpha value is -1.75. The monoisotopic (exact) mass is 307 g/mol. The van der Waals surface area contributed by atoms with Gasteiger partial charge >= 0.3 is 6.03 Å². The zero-order chi connectivity index (χ0) is 16.2. The Morgan fingerprint density at radius 3 is 2.36 bits per heavy atom. The van der Waals surface area contributed by atoms with Gasteiger partial charge in [0.25, 0.3) is 0 Å². The Kier molecular flexibility index (Phi) is 9.07. The molecule has 1 aromatic rings. The Morgan fingerprint density at radius 2 is 1.77 bits per heavy atom. The molecule has 0 aliphatic rings. The fraction of sp³-hybridized carbons (Fsp3) is 0.588. The molecule has 2 N–H and O–H groups in total. The lowest BCUT2D eigenvalue weighted by Gasteiger charge is -2.18. The third-order valence-corrected chi connectivity index (χ3v) is 3.54. The highest BCUT2D eigenvalue weighted by Gasteiger charge is 2.02. The van der Waals surface area contributed by atoms with Gasteiger partial charge in [-0.15, -0.1) is 0 Å². The number of urea groups is 1. The van der Waals surface area contributed by atoms with Crippen LogP contribution < -0.4 is 15.4 Å². The minimum absolute atomic E-state index is 0.171. The summed E-state index contributed by atoms with van der Waals surface area (Å²) in [5, 5.41) is 5.51. The molecule has 0 radical (unpaired) electrons. The van der Waals surface area contributed by atoms with Crippen LogP contribution in [0.3, 0.4) is 0 Å². The molecule has 0 atom stereocenters. The van der Waals surface area contributed by atoms with Crippen LogP contribution in [0, 0.1) is 0 Å². The molecule has 0 fully saturated rings. The fourth-order valence-electron chi connectivity index (χ4n) is 2.16. The molecule has 1 aromatic carbocycles. The van der Waals surface area contributed by atoms with Gasteiger partial charge in [-0.2, -0.15) is 0 Å². The predicted octanol–water partition coefficient (Wildman–Crippen LogP) is 2.62. The Morgan fingerprint density at radius 1 is 1.09 bits per heavy atom. The van der Waals surface area contributed by atoms with E-state index < -0.39 is 0 Å². The van der Waals surface area contributed by atoms with Crippen LogP contribution in [-0.2, 0) is 6.42 Å². The van der Waals surface area contributed by atoms with E-state index in [4.69, 9.17) is 4.74 Å². The number of carbonyl (C=O) groups excluding carboxylic acids is 1. The number of nitrogens with zero attached hydrogens (tertiary/aromatic N) is 1. The van der Waals surface area contributed by atoms with Crippen molar-refractivity contribution in [1.82, 2.24) is 15.5 Å². The third kappa shape index (κ3) is 7.31. The van der Waals surface area contributed by atoms with Crippen LogP contribution in [0.4, 0.5) is 4.79 Å². The zero-order valence-electron chi connectivity index (χ0n) is 14.0. The molecule has 0 heterocycles. The molecule has 0 unspecified atom stereocenters. The largest absolute Gasteiger partial charge is 0.473 e. The molecule has 0 bridgehead atoms. The number of ether oxygens (including phenoxy) is 1. The number of carbonyl (C=O) groups is 1. The van der Waals surface area contributed by atoms with Gasteiger partial charge in [-0.25, -0.2) is 4.79 Å². The van der Waals surface area contributed by atoms with Gasteiger partial charge in [0.15, 0.2) is 6.73 Å². The van der Waals surface area contributed by atoms with Crippen molar-refractivity contribution in [3.05, 3.63) is 29.8 Å². The Bertz CT molecular complexity index is 416. The summed E-state index contributed by atoms with van der Waals surface area (Å²) < 4.78 is 5.50. The van der Waals surface area contributed by atoms with Crippen LogP contribution in [0.2, 0.25) is 0 Å². The number of likely N-dealkylation sites (N-methyl/N-ethyl adjacent to an activating group) is 1. The first kappa shape index (κ1) is 18.3. The van der Waals surface area contributed by atoms with Gasteiger partial charge < -0.3 is 20.3 Å². The second kappa shape index (κ2) is 10.9. The van der Waals surface area contributed by atoms with E-state index in [9.17, 15) is 4.79 Å². The van der Waals surface area contributed by atoms with E-state index >= 15 is 0 Å². The summed E-state index contributed by atoms with van der Waals surface area (Å²) in [7, 11) is 0. The molecule has 0 aromatic heterocycles. The lowest BCUT2D eigenvalue weighted by molar-refractivity contribution is 0.221. The molecule has 0 saturated carbocycles. The number of hydrogen-bond acceptors (Lipinski definition) is 3. The Balaban J connectivity index is 2.16. The minimum atomic E-state index is -0.199. The quantitative estimate of drug-likeness (QED) is 0.653. The lowest BCUT2D eigenvalue weighted by atomic mass is 10.1. The lowest BCUT2D eigenvalue weighted by Crippen LogP contribution is -2.41. The maximum atomic E-state index is 11.6. The van der Waals surface area contributed by atoms with Crippen LogP contribution in [0.25, 0.3) is 0 Å². The molecule has 124 valence electrons. The van der Waals surface area contributed by atoms with Crippen LogP contribution in [0.5, 0.6) is 5.75 Å². The summed E-state index contributed by atoms with van der Waals surface area (Å²) in [6.45, 7) is 10.1. The molecule has 5 heteroatoms. The third-order valence-electron chi connectivity index (χ3n) is 3.54. The van der Waals surface area contributed by atoms with Gasteiger partial charge in [0, 0.05) is 13.1 Å². The van der Waals surface area contributed by atoms with Gasteiger partial charge in [-0.05, 0) is 37.2 Å². The first-order valence-corrected chi connectivity index (χ1v) is 8.15. The van der Waals surface area contributed by atoms with Crippen molar-refractivity contribution in [1.29, 1.82) is 0 Å². The van der Waals surface area contributed by atoms with Crippen LogP contribution in [0.1, 0.15) is 32.8 Å². The number of aryl methyl sites for hydroxylation is 1. The molecule has 0 aliphatic heterocycles. The molecule has 5 nitrogen and oxygen atoms in total. The van der Waals surface area contributed by atoms with Gasteiger partial charge in [-0.3, -0.25) is 0 Å². The smallest absolute Gasteiger partial charge is 0.317 e. The molecule has 2 amide bonds. The second-order valence-electron chi connectivity index (χ2n) is 5.14. The van der Waals surface area contributed by atoms with E-state index in [1.807, 2.05) is 12.1 Å². The molecule has 0 saturated heterocycles. The molecule has 0 spiro atoms. The average molecular weight is 307 g/mol. The Labute approximate surface area is 134 Å². The SMILES string of the molecule is CCCc1ccc(OCNC(=O)NCCN(CC)CC)cc1. The highest BCUT2D eigenvalue weighted by Crippen LogP contribution is 2.12. The number of rotatable bonds is 10. The van der Waals surface area contributed by atoms with Crippen LogP contribution >= 0.6 is 0 Å². The van der Waals surface area contributed by atoms with Crippen molar-refractivity contribution >= 4 is 6.03 Å². The molecule has 22 heavy (non-hydrogen) atoms. The van der Waals surface area contributed by atoms with Crippen molar-refractivity contribution in [3.8, 4) is 5.75 Å². The molecule has 0 aliphatic carbocycles. The predicted molar refractivity (Wildman–Crippen MR) is 90.3 cm³/mol. The van der Waals surface area contributed by atoms with E-state index in [-0.39, 0.29) is 12.8 Å². The van der Waals surface area contributed by atoms with E-state index in [2.05, 4.69) is 48.4 Å². The first-order valence-electron chi connectivity index (χ1n) is 8.15. The summed E-state index contributed by atoms with van der Waals surface area (Å²) in [6.07, 6.45) is 2.21. The maximum Gasteiger partial charge on any atom is 0.317 e. The normalized spacial score (nSPS) is 10.5. The average Bonchev–Trinajstić information content (AvgIpc) is 2.53. The highest BCUT2D eigenvalue weighted by atomic mass is 16.5. The van der Waals surface area contributed by atoms with Gasteiger partial charge in [0.05, 0.1) is 0 Å². The van der Waals surface area contributed by atoms with Gasteiger partial charge in [-0.1, -0.05) is 39.3 Å². The summed E-state index contributed by atoms with van der Waals surface area (Å²) in [6, 6.07) is 7.79. The number of hydrogen-bond donors (Lipinski definition) is 2. The van der Waals surface area contributed by atoms with Crippen molar-refractivity contribution < 1.29 is 9.53 Å². The second-order valence-corrected chi connectivity index (χ2v) is 5.14. The number of amides is 2. The van der Waals surface area contributed by atoms with Crippen LogP contribution in [-0.4, -0.2) is 43.8 Å². The van der Waals surface area contributed by atoms with Crippen molar-refractivity contribution in [3.63, 3.8) is 0 Å². The summed E-state index contributed by atoms with van der Waals surface area (Å²) in [5.41, 5.74) is 1.30. The van der Waals surface area contributed by atoms with E-state index in [0.29, 0.717) is 6.54 Å².